The van der Waals surface area contributed by atoms with Crippen LogP contribution < -0.4 is 5.50 Å². The van der Waals surface area contributed by atoms with Crippen molar-refractivity contribution in [3.05, 3.63) is 0 Å². The number of hydrogen-bond donors (Lipinski definition) is 2. The van der Waals surface area contributed by atoms with Crippen LogP contribution in [-0.2, 0) is 4.52 Å². The minimum atomic E-state index is -1.63. The smallest absolute Gasteiger partial charge is 0.250 e. The number of hydrogen-bond acceptors (Lipinski definition) is 3. The van der Waals surface area contributed by atoms with Crippen LogP contribution in [0.5, 0.6) is 0 Å². The average Bonchev–Trinajstić information content (AvgIpc) is 2.15. The third-order valence-corrected chi connectivity index (χ3v) is 2.67. The molecule has 0 bridgehead atoms. The van der Waals surface area contributed by atoms with E-state index in [1.807, 2.05) is 0 Å². The topological polar surface area (TPSA) is 55.5 Å². The van der Waals surface area contributed by atoms with Crippen LogP contribution in [-0.4, -0.2) is 11.5 Å². The van der Waals surface area contributed by atoms with Crippen molar-refractivity contribution in [3.8, 4) is 0 Å². The fourth-order valence-electron chi connectivity index (χ4n) is 1.39. The van der Waals surface area contributed by atoms with E-state index in [-0.39, 0.29) is 0 Å². The summed E-state index contributed by atoms with van der Waals surface area (Å²) in [6.07, 6.45) is 10.2. The number of rotatable bonds is 10. The Morgan fingerprint density at radius 2 is 1.50 bits per heavy atom. The molecular weight excluding hydrogens is 197 g/mol. The van der Waals surface area contributed by atoms with Crippen LogP contribution in [0.1, 0.15) is 58.3 Å². The zero-order valence-corrected chi connectivity index (χ0v) is 10.1. The Morgan fingerprint density at radius 1 is 1.00 bits per heavy atom. The standard InChI is InChI=1S/C10H24NO2P/c1-2-3-4-5-6-7-8-9-10-13-14(11)12/h12H,2-11H2,1H3. The molecule has 0 aliphatic rings. The highest BCUT2D eigenvalue weighted by atomic mass is 31.2. The summed E-state index contributed by atoms with van der Waals surface area (Å²) in [6, 6.07) is 0. The van der Waals surface area contributed by atoms with Gasteiger partial charge in [0.2, 0.25) is 8.53 Å². The molecule has 86 valence electrons. The molecule has 0 radical (unpaired) electrons. The molecule has 0 saturated heterocycles. The van der Waals surface area contributed by atoms with Crippen LogP contribution in [0.15, 0.2) is 0 Å². The van der Waals surface area contributed by atoms with Crippen molar-refractivity contribution in [2.45, 2.75) is 58.3 Å². The predicted molar refractivity (Wildman–Crippen MR) is 61.9 cm³/mol. The van der Waals surface area contributed by atoms with E-state index in [0.29, 0.717) is 6.61 Å². The molecule has 0 fully saturated rings. The molecule has 0 aromatic heterocycles. The summed E-state index contributed by atoms with van der Waals surface area (Å²) in [5, 5.41) is 0. The second-order valence-electron chi connectivity index (χ2n) is 3.61. The summed E-state index contributed by atoms with van der Waals surface area (Å²) in [7, 11) is -1.63. The Labute approximate surface area is 89.0 Å². The Hall–Kier alpha value is 0.310. The Morgan fingerprint density at radius 3 is 2.00 bits per heavy atom. The molecule has 0 aliphatic heterocycles. The molecule has 0 amide bonds. The molecule has 0 rings (SSSR count). The van der Waals surface area contributed by atoms with Gasteiger partial charge in [0, 0.05) is 0 Å². The molecule has 0 heterocycles. The fourth-order valence-corrected chi connectivity index (χ4v) is 1.71. The van der Waals surface area contributed by atoms with Gasteiger partial charge in [0.15, 0.2) is 0 Å². The Balaban J connectivity index is 2.85. The van der Waals surface area contributed by atoms with Crippen LogP contribution >= 0.6 is 8.53 Å². The van der Waals surface area contributed by atoms with Crippen LogP contribution in [0.4, 0.5) is 0 Å². The Kier molecular flexibility index (Phi) is 11.6. The molecular formula is C10H24NO2P. The largest absolute Gasteiger partial charge is 0.338 e. The molecule has 1 unspecified atom stereocenters. The van der Waals surface area contributed by atoms with Gasteiger partial charge in [-0.15, -0.1) is 0 Å². The fraction of sp³-hybridized carbons (Fsp3) is 1.00. The third-order valence-electron chi connectivity index (χ3n) is 2.22. The molecule has 0 aromatic carbocycles. The zero-order chi connectivity index (χ0) is 10.6. The van der Waals surface area contributed by atoms with Gasteiger partial charge < -0.3 is 9.42 Å². The van der Waals surface area contributed by atoms with E-state index in [0.717, 1.165) is 6.42 Å². The lowest BCUT2D eigenvalue weighted by molar-refractivity contribution is 0.298. The van der Waals surface area contributed by atoms with Crippen molar-refractivity contribution in [1.29, 1.82) is 0 Å². The molecule has 0 saturated carbocycles. The SMILES string of the molecule is CCCCCCCCCCOP(N)O. The van der Waals surface area contributed by atoms with Gasteiger partial charge in [0.1, 0.15) is 0 Å². The van der Waals surface area contributed by atoms with E-state index in [9.17, 15) is 0 Å². The highest BCUT2D eigenvalue weighted by molar-refractivity contribution is 7.43. The lowest BCUT2D eigenvalue weighted by Crippen LogP contribution is -1.95. The lowest BCUT2D eigenvalue weighted by atomic mass is 10.1. The minimum absolute atomic E-state index is 0.605. The van der Waals surface area contributed by atoms with Gasteiger partial charge in [-0.2, -0.15) is 0 Å². The molecule has 0 aliphatic carbocycles. The molecule has 0 aromatic rings. The van der Waals surface area contributed by atoms with Crippen LogP contribution in [0, 0.1) is 0 Å². The van der Waals surface area contributed by atoms with E-state index in [2.05, 4.69) is 6.92 Å². The summed E-state index contributed by atoms with van der Waals surface area (Å²) in [5.74, 6) is 0. The van der Waals surface area contributed by atoms with Crippen molar-refractivity contribution in [3.63, 3.8) is 0 Å². The second-order valence-corrected chi connectivity index (χ2v) is 4.47. The average molecular weight is 221 g/mol. The molecule has 0 spiro atoms. The van der Waals surface area contributed by atoms with E-state index >= 15 is 0 Å². The van der Waals surface area contributed by atoms with Crippen molar-refractivity contribution < 1.29 is 9.42 Å². The highest BCUT2D eigenvalue weighted by Crippen LogP contribution is 2.19. The second kappa shape index (κ2) is 11.4. The van der Waals surface area contributed by atoms with Crippen LogP contribution in [0.3, 0.4) is 0 Å². The molecule has 3 nitrogen and oxygen atoms in total. The van der Waals surface area contributed by atoms with Crippen molar-refractivity contribution >= 4 is 8.53 Å². The number of nitrogens with two attached hydrogens (primary N) is 1. The van der Waals surface area contributed by atoms with E-state index in [1.54, 1.807) is 0 Å². The van der Waals surface area contributed by atoms with E-state index in [4.69, 9.17) is 14.9 Å². The van der Waals surface area contributed by atoms with Gasteiger partial charge in [-0.3, -0.25) is 5.50 Å². The predicted octanol–water partition coefficient (Wildman–Crippen LogP) is 3.32. The number of unbranched alkanes of at least 4 members (excludes halogenated alkanes) is 7. The third kappa shape index (κ3) is 12.3. The van der Waals surface area contributed by atoms with Crippen LogP contribution in [0.25, 0.3) is 0 Å². The lowest BCUT2D eigenvalue weighted by Gasteiger charge is -2.04. The van der Waals surface area contributed by atoms with Gasteiger partial charge in [-0.25, -0.2) is 0 Å². The summed E-state index contributed by atoms with van der Waals surface area (Å²) >= 11 is 0. The first-order valence-corrected chi connectivity index (χ1v) is 6.92. The van der Waals surface area contributed by atoms with Crippen molar-refractivity contribution in [2.24, 2.45) is 5.50 Å². The first-order chi connectivity index (χ1) is 6.77. The molecule has 1 atom stereocenters. The summed E-state index contributed by atoms with van der Waals surface area (Å²) < 4.78 is 4.89. The maximum absolute atomic E-state index is 8.67. The minimum Gasteiger partial charge on any atom is -0.338 e. The van der Waals surface area contributed by atoms with Gasteiger partial charge >= 0.3 is 0 Å². The molecule has 14 heavy (non-hydrogen) atoms. The maximum Gasteiger partial charge on any atom is 0.250 e. The van der Waals surface area contributed by atoms with Crippen molar-refractivity contribution in [1.82, 2.24) is 0 Å². The summed E-state index contributed by atoms with van der Waals surface area (Å²) in [4.78, 5) is 8.67. The van der Waals surface area contributed by atoms with Gasteiger partial charge in [-0.1, -0.05) is 51.9 Å². The normalized spacial score (nSPS) is 13.1. The van der Waals surface area contributed by atoms with Gasteiger partial charge in [0.25, 0.3) is 0 Å². The molecule has 4 heteroatoms. The van der Waals surface area contributed by atoms with Gasteiger partial charge in [0.05, 0.1) is 6.61 Å². The van der Waals surface area contributed by atoms with Crippen molar-refractivity contribution in [2.75, 3.05) is 6.61 Å². The monoisotopic (exact) mass is 221 g/mol. The maximum atomic E-state index is 8.67. The van der Waals surface area contributed by atoms with E-state index in [1.165, 1.54) is 44.9 Å². The summed E-state index contributed by atoms with van der Waals surface area (Å²) in [5.41, 5.74) is 5.09. The Bertz CT molecular complexity index is 112. The first kappa shape index (κ1) is 14.3. The molecule has 3 N–H and O–H groups in total. The first-order valence-electron chi connectivity index (χ1n) is 5.64. The van der Waals surface area contributed by atoms with Gasteiger partial charge in [-0.05, 0) is 6.42 Å². The van der Waals surface area contributed by atoms with Crippen LogP contribution in [0.2, 0.25) is 0 Å². The van der Waals surface area contributed by atoms with E-state index < -0.39 is 8.53 Å². The summed E-state index contributed by atoms with van der Waals surface area (Å²) in [6.45, 7) is 2.84. The zero-order valence-electron chi connectivity index (χ0n) is 9.24. The quantitative estimate of drug-likeness (QED) is 0.439. The highest BCUT2D eigenvalue weighted by Gasteiger charge is 1.96.